The van der Waals surface area contributed by atoms with Crippen LogP contribution in [0.25, 0.3) is 0 Å². The van der Waals surface area contributed by atoms with Crippen LogP contribution in [0.1, 0.15) is 39.9 Å². The Balaban J connectivity index is 0.00000225. The van der Waals surface area contributed by atoms with Crippen molar-refractivity contribution >= 4 is 29.7 Å². The molecule has 1 aliphatic rings. The Morgan fingerprint density at radius 2 is 2.12 bits per heavy atom. The second-order valence-electron chi connectivity index (χ2n) is 5.60. The maximum Gasteiger partial charge on any atom is 0.273 e. The van der Waals surface area contributed by atoms with E-state index in [1.54, 1.807) is 19.6 Å². The molecule has 0 radical (unpaired) electrons. The number of halogens is 1. The molecule has 0 bridgehead atoms. The van der Waals surface area contributed by atoms with Crippen molar-refractivity contribution in [2.24, 2.45) is 5.73 Å². The molecule has 1 aromatic carbocycles. The first-order valence-electron chi connectivity index (χ1n) is 7.85. The highest BCUT2D eigenvalue weighted by molar-refractivity contribution is 7.09. The molecule has 0 saturated carbocycles. The molecule has 8 heteroatoms. The molecule has 1 atom stereocenters. The molecule has 1 aliphatic heterocycles. The Kier molecular flexibility index (Phi) is 6.64. The molecule has 2 heterocycles. The highest BCUT2D eigenvalue weighted by Gasteiger charge is 2.32. The lowest BCUT2D eigenvalue weighted by atomic mass is 10.0. The van der Waals surface area contributed by atoms with E-state index in [-0.39, 0.29) is 24.4 Å². The predicted octanol–water partition coefficient (Wildman–Crippen LogP) is 3.02. The maximum absolute atomic E-state index is 12.8. The third kappa shape index (κ3) is 3.89. The van der Waals surface area contributed by atoms with Crippen molar-refractivity contribution in [3.8, 4) is 11.5 Å². The molecule has 0 aliphatic carbocycles. The van der Waals surface area contributed by atoms with Crippen LogP contribution in [-0.4, -0.2) is 36.6 Å². The fraction of sp³-hybridized carbons (Fsp3) is 0.412. The number of ether oxygens (including phenoxy) is 2. The molecule has 3 rings (SSSR count). The largest absolute Gasteiger partial charge is 0.493 e. The number of nitrogens with zero attached hydrogens (tertiary/aromatic N) is 2. The van der Waals surface area contributed by atoms with Gasteiger partial charge < -0.3 is 20.1 Å². The van der Waals surface area contributed by atoms with Crippen LogP contribution < -0.4 is 15.2 Å². The number of likely N-dealkylation sites (tertiary alicyclic amines) is 1. The molecule has 0 spiro atoms. The molecule has 2 aromatic rings. The van der Waals surface area contributed by atoms with Crippen LogP contribution in [0.5, 0.6) is 11.5 Å². The Morgan fingerprint density at radius 1 is 1.36 bits per heavy atom. The quantitative estimate of drug-likeness (QED) is 0.858. The van der Waals surface area contributed by atoms with Gasteiger partial charge in [0.25, 0.3) is 5.91 Å². The minimum Gasteiger partial charge on any atom is -0.493 e. The predicted molar refractivity (Wildman–Crippen MR) is 99.8 cm³/mol. The summed E-state index contributed by atoms with van der Waals surface area (Å²) in [5.74, 6) is 1.32. The summed E-state index contributed by atoms with van der Waals surface area (Å²) in [5.41, 5.74) is 7.12. The number of carbonyl (C=O) groups excluding carboxylic acids is 1. The third-order valence-corrected chi connectivity index (χ3v) is 5.12. The van der Waals surface area contributed by atoms with Crippen LogP contribution in [0.15, 0.2) is 23.6 Å². The monoisotopic (exact) mass is 383 g/mol. The van der Waals surface area contributed by atoms with E-state index in [4.69, 9.17) is 15.2 Å². The summed E-state index contributed by atoms with van der Waals surface area (Å²) < 4.78 is 10.7. The molecule has 2 N–H and O–H groups in total. The average molecular weight is 384 g/mol. The molecule has 6 nitrogen and oxygen atoms in total. The van der Waals surface area contributed by atoms with Crippen molar-refractivity contribution in [3.05, 3.63) is 39.8 Å². The molecular weight excluding hydrogens is 362 g/mol. The zero-order valence-corrected chi connectivity index (χ0v) is 15.9. The maximum atomic E-state index is 12.8. The second kappa shape index (κ2) is 8.51. The van der Waals surface area contributed by atoms with Gasteiger partial charge in [0.05, 0.1) is 20.3 Å². The van der Waals surface area contributed by atoms with E-state index in [0.717, 1.165) is 30.0 Å². The van der Waals surface area contributed by atoms with E-state index in [2.05, 4.69) is 4.98 Å². The smallest absolute Gasteiger partial charge is 0.273 e. The molecule has 1 fully saturated rings. The van der Waals surface area contributed by atoms with Crippen molar-refractivity contribution < 1.29 is 14.3 Å². The van der Waals surface area contributed by atoms with Crippen molar-refractivity contribution in [2.45, 2.75) is 25.4 Å². The number of hydrogen-bond acceptors (Lipinski definition) is 6. The molecule has 1 unspecified atom stereocenters. The minimum absolute atomic E-state index is 0. The zero-order valence-electron chi connectivity index (χ0n) is 14.2. The lowest BCUT2D eigenvalue weighted by molar-refractivity contribution is 0.0730. The highest BCUT2D eigenvalue weighted by Crippen LogP contribution is 2.37. The lowest BCUT2D eigenvalue weighted by Gasteiger charge is -2.25. The highest BCUT2D eigenvalue weighted by atomic mass is 35.5. The summed E-state index contributed by atoms with van der Waals surface area (Å²) in [6.07, 6.45) is 1.90. The SMILES string of the molecule is COc1ccc(C2CCCN2C(=O)c2csc(CN)n2)cc1OC.Cl. The summed E-state index contributed by atoms with van der Waals surface area (Å²) in [7, 11) is 3.23. The Labute approximate surface area is 157 Å². The summed E-state index contributed by atoms with van der Waals surface area (Å²) in [6.45, 7) is 1.09. The fourth-order valence-electron chi connectivity index (χ4n) is 3.07. The lowest BCUT2D eigenvalue weighted by Crippen LogP contribution is -2.30. The summed E-state index contributed by atoms with van der Waals surface area (Å²) in [6, 6.07) is 5.84. The fourth-order valence-corrected chi connectivity index (χ4v) is 3.71. The Morgan fingerprint density at radius 3 is 2.76 bits per heavy atom. The van der Waals surface area contributed by atoms with Crippen molar-refractivity contribution in [3.63, 3.8) is 0 Å². The first-order valence-corrected chi connectivity index (χ1v) is 8.73. The van der Waals surface area contributed by atoms with Gasteiger partial charge in [-0.2, -0.15) is 0 Å². The normalized spacial score (nSPS) is 16.4. The minimum atomic E-state index is -0.0387. The van der Waals surface area contributed by atoms with E-state index in [1.807, 2.05) is 23.1 Å². The van der Waals surface area contributed by atoms with Crippen molar-refractivity contribution in [2.75, 3.05) is 20.8 Å². The second-order valence-corrected chi connectivity index (χ2v) is 6.54. The molecular formula is C17H22ClN3O3S. The van der Waals surface area contributed by atoms with Gasteiger partial charge in [0.2, 0.25) is 0 Å². The van der Waals surface area contributed by atoms with Gasteiger partial charge in [-0.3, -0.25) is 4.79 Å². The van der Waals surface area contributed by atoms with Gasteiger partial charge in [0, 0.05) is 18.5 Å². The first-order chi connectivity index (χ1) is 11.7. The molecule has 1 aromatic heterocycles. The van der Waals surface area contributed by atoms with Gasteiger partial charge in [0.15, 0.2) is 11.5 Å². The van der Waals surface area contributed by atoms with Crippen molar-refractivity contribution in [1.29, 1.82) is 0 Å². The van der Waals surface area contributed by atoms with Crippen LogP contribution in [0.3, 0.4) is 0 Å². The van der Waals surface area contributed by atoms with Crippen LogP contribution >= 0.6 is 23.7 Å². The number of methoxy groups -OCH3 is 2. The summed E-state index contributed by atoms with van der Waals surface area (Å²) >= 11 is 1.42. The van der Waals surface area contributed by atoms with E-state index in [9.17, 15) is 4.79 Å². The number of hydrogen-bond donors (Lipinski definition) is 1. The molecule has 1 amide bonds. The van der Waals surface area contributed by atoms with Gasteiger partial charge in [-0.15, -0.1) is 23.7 Å². The number of amides is 1. The van der Waals surface area contributed by atoms with Crippen LogP contribution in [0.2, 0.25) is 0 Å². The number of aromatic nitrogens is 1. The summed E-state index contributed by atoms with van der Waals surface area (Å²) in [5, 5.41) is 2.56. The number of benzene rings is 1. The van der Waals surface area contributed by atoms with E-state index < -0.39 is 0 Å². The standard InChI is InChI=1S/C17H21N3O3S.ClH/c1-22-14-6-5-11(8-15(14)23-2)13-4-3-7-20(13)17(21)12-10-24-16(9-18)19-12;/h5-6,8,10,13H,3-4,7,9,18H2,1-2H3;1H. The number of nitrogens with two attached hydrogens (primary N) is 1. The van der Waals surface area contributed by atoms with E-state index >= 15 is 0 Å². The summed E-state index contributed by atoms with van der Waals surface area (Å²) in [4.78, 5) is 19.0. The van der Waals surface area contributed by atoms with E-state index in [1.165, 1.54) is 11.3 Å². The number of thiazole rings is 1. The van der Waals surface area contributed by atoms with Gasteiger partial charge >= 0.3 is 0 Å². The van der Waals surface area contributed by atoms with Crippen molar-refractivity contribution in [1.82, 2.24) is 9.88 Å². The van der Waals surface area contributed by atoms with E-state index in [0.29, 0.717) is 23.7 Å². The molecule has 1 saturated heterocycles. The molecule has 136 valence electrons. The number of rotatable bonds is 5. The topological polar surface area (TPSA) is 77.7 Å². The van der Waals surface area contributed by atoms with Crippen LogP contribution in [0.4, 0.5) is 0 Å². The Hall–Kier alpha value is -1.83. The van der Waals surface area contributed by atoms with Crippen LogP contribution in [-0.2, 0) is 6.54 Å². The van der Waals surface area contributed by atoms with Gasteiger partial charge in [0.1, 0.15) is 10.7 Å². The van der Waals surface area contributed by atoms with Gasteiger partial charge in [-0.1, -0.05) is 6.07 Å². The average Bonchev–Trinajstić information content (AvgIpc) is 3.29. The zero-order chi connectivity index (χ0) is 17.1. The van der Waals surface area contributed by atoms with Gasteiger partial charge in [-0.25, -0.2) is 4.98 Å². The third-order valence-electron chi connectivity index (χ3n) is 4.25. The number of carbonyl (C=O) groups is 1. The Bertz CT molecular complexity index is 738. The molecule has 25 heavy (non-hydrogen) atoms. The first kappa shape index (κ1) is 19.5. The van der Waals surface area contributed by atoms with Crippen LogP contribution in [0, 0.1) is 0 Å². The van der Waals surface area contributed by atoms with Gasteiger partial charge in [-0.05, 0) is 30.5 Å².